The van der Waals surface area contributed by atoms with Crippen molar-refractivity contribution in [3.63, 3.8) is 0 Å². The zero-order valence-corrected chi connectivity index (χ0v) is 12.8. The SMILES string of the molecule is CNC(CC1CCOCC1)C(C)(C)c1ccc(F)cc1. The molecule has 1 fully saturated rings. The van der Waals surface area contributed by atoms with E-state index in [1.54, 1.807) is 12.1 Å². The molecular weight excluding hydrogens is 253 g/mol. The van der Waals surface area contributed by atoms with E-state index in [-0.39, 0.29) is 11.2 Å². The summed E-state index contributed by atoms with van der Waals surface area (Å²) in [6, 6.07) is 7.31. The minimum atomic E-state index is -0.171. The summed E-state index contributed by atoms with van der Waals surface area (Å²) in [5, 5.41) is 3.47. The molecule has 0 aliphatic carbocycles. The van der Waals surface area contributed by atoms with Crippen molar-refractivity contribution < 1.29 is 9.13 Å². The Kier molecular flexibility index (Phi) is 5.17. The number of likely N-dealkylation sites (N-methyl/N-ethyl adjacent to an activating group) is 1. The van der Waals surface area contributed by atoms with Crippen LogP contribution in [-0.4, -0.2) is 26.3 Å². The van der Waals surface area contributed by atoms with Gasteiger partial charge in [0.15, 0.2) is 0 Å². The van der Waals surface area contributed by atoms with Crippen molar-refractivity contribution >= 4 is 0 Å². The molecule has 0 aromatic heterocycles. The van der Waals surface area contributed by atoms with Crippen LogP contribution in [0.25, 0.3) is 0 Å². The normalized spacial score (nSPS) is 19.0. The molecule has 112 valence electrons. The number of ether oxygens (including phenoxy) is 1. The maximum absolute atomic E-state index is 13.1. The van der Waals surface area contributed by atoms with Crippen molar-refractivity contribution in [3.05, 3.63) is 35.6 Å². The Balaban J connectivity index is 2.09. The highest BCUT2D eigenvalue weighted by Crippen LogP contribution is 2.32. The highest BCUT2D eigenvalue weighted by molar-refractivity contribution is 5.26. The zero-order valence-electron chi connectivity index (χ0n) is 12.8. The van der Waals surface area contributed by atoms with Crippen molar-refractivity contribution in [2.45, 2.75) is 44.6 Å². The Morgan fingerprint density at radius 1 is 1.25 bits per heavy atom. The lowest BCUT2D eigenvalue weighted by Crippen LogP contribution is -2.44. The Hall–Kier alpha value is -0.930. The van der Waals surface area contributed by atoms with Crippen LogP contribution in [0.1, 0.15) is 38.7 Å². The average Bonchev–Trinajstić information content (AvgIpc) is 2.46. The molecule has 1 aliphatic heterocycles. The van der Waals surface area contributed by atoms with E-state index < -0.39 is 0 Å². The standard InChI is InChI=1S/C17H26FNO/c1-17(2,14-4-6-15(18)7-5-14)16(19-3)12-13-8-10-20-11-9-13/h4-7,13,16,19H,8-12H2,1-3H3. The summed E-state index contributed by atoms with van der Waals surface area (Å²) >= 11 is 0. The van der Waals surface area contributed by atoms with Crippen LogP contribution in [0.5, 0.6) is 0 Å². The smallest absolute Gasteiger partial charge is 0.123 e. The molecule has 20 heavy (non-hydrogen) atoms. The Morgan fingerprint density at radius 2 is 1.85 bits per heavy atom. The minimum Gasteiger partial charge on any atom is -0.381 e. The third-order valence-electron chi connectivity index (χ3n) is 4.72. The Labute approximate surface area is 121 Å². The van der Waals surface area contributed by atoms with Gasteiger partial charge < -0.3 is 10.1 Å². The van der Waals surface area contributed by atoms with Crippen molar-refractivity contribution in [1.82, 2.24) is 5.32 Å². The second-order valence-electron chi connectivity index (χ2n) is 6.36. The fourth-order valence-corrected chi connectivity index (χ4v) is 3.17. The predicted octanol–water partition coefficient (Wildman–Crippen LogP) is 3.51. The first-order chi connectivity index (χ1) is 9.54. The highest BCUT2D eigenvalue weighted by atomic mass is 19.1. The Bertz CT molecular complexity index is 410. The summed E-state index contributed by atoms with van der Waals surface area (Å²) in [6.45, 7) is 6.25. The van der Waals surface area contributed by atoms with E-state index in [4.69, 9.17) is 4.74 Å². The summed E-state index contributed by atoms with van der Waals surface area (Å²) in [4.78, 5) is 0. The molecule has 2 rings (SSSR count). The van der Waals surface area contributed by atoms with E-state index in [0.717, 1.165) is 38.4 Å². The third kappa shape index (κ3) is 3.58. The number of benzene rings is 1. The van der Waals surface area contributed by atoms with Crippen LogP contribution in [-0.2, 0) is 10.2 Å². The molecule has 1 saturated heterocycles. The Morgan fingerprint density at radius 3 is 2.40 bits per heavy atom. The van der Waals surface area contributed by atoms with Gasteiger partial charge >= 0.3 is 0 Å². The van der Waals surface area contributed by atoms with E-state index >= 15 is 0 Å². The van der Waals surface area contributed by atoms with Gasteiger partial charge in [0, 0.05) is 24.7 Å². The molecule has 0 saturated carbocycles. The van der Waals surface area contributed by atoms with Crippen LogP contribution < -0.4 is 5.32 Å². The molecule has 1 N–H and O–H groups in total. The number of hydrogen-bond acceptors (Lipinski definition) is 2. The predicted molar refractivity (Wildman–Crippen MR) is 80.4 cm³/mol. The monoisotopic (exact) mass is 279 g/mol. The second kappa shape index (κ2) is 6.68. The molecule has 2 nitrogen and oxygen atoms in total. The molecular formula is C17H26FNO. The third-order valence-corrected chi connectivity index (χ3v) is 4.72. The molecule has 1 aromatic rings. The van der Waals surface area contributed by atoms with Crippen LogP contribution in [0.2, 0.25) is 0 Å². The lowest BCUT2D eigenvalue weighted by molar-refractivity contribution is 0.0577. The van der Waals surface area contributed by atoms with Gasteiger partial charge in [-0.05, 0) is 49.9 Å². The molecule has 3 heteroatoms. The van der Waals surface area contributed by atoms with E-state index in [0.29, 0.717) is 6.04 Å². The number of rotatable bonds is 5. The number of nitrogens with one attached hydrogen (secondary N) is 1. The first-order valence-corrected chi connectivity index (χ1v) is 7.55. The summed E-state index contributed by atoms with van der Waals surface area (Å²) < 4.78 is 18.5. The van der Waals surface area contributed by atoms with Gasteiger partial charge in [-0.2, -0.15) is 0 Å². The van der Waals surface area contributed by atoms with Crippen molar-refractivity contribution in [2.75, 3.05) is 20.3 Å². The van der Waals surface area contributed by atoms with Crippen molar-refractivity contribution in [1.29, 1.82) is 0 Å². The van der Waals surface area contributed by atoms with Gasteiger partial charge in [-0.3, -0.25) is 0 Å². The summed E-state index contributed by atoms with van der Waals surface area (Å²) in [7, 11) is 2.02. The van der Waals surface area contributed by atoms with Crippen molar-refractivity contribution in [2.24, 2.45) is 5.92 Å². The lowest BCUT2D eigenvalue weighted by Gasteiger charge is -2.38. The van der Waals surface area contributed by atoms with Gasteiger partial charge in [-0.25, -0.2) is 4.39 Å². The maximum atomic E-state index is 13.1. The van der Waals surface area contributed by atoms with E-state index in [9.17, 15) is 4.39 Å². The first kappa shape index (κ1) is 15.5. The fourth-order valence-electron chi connectivity index (χ4n) is 3.17. The molecule has 1 heterocycles. The van der Waals surface area contributed by atoms with Crippen LogP contribution in [0, 0.1) is 11.7 Å². The van der Waals surface area contributed by atoms with Gasteiger partial charge in [-0.15, -0.1) is 0 Å². The molecule has 0 spiro atoms. The van der Waals surface area contributed by atoms with Crippen molar-refractivity contribution in [3.8, 4) is 0 Å². The number of halogens is 1. The van der Waals surface area contributed by atoms with E-state index in [2.05, 4.69) is 19.2 Å². The molecule has 1 aromatic carbocycles. The van der Waals surface area contributed by atoms with Crippen LogP contribution in [0.3, 0.4) is 0 Å². The van der Waals surface area contributed by atoms with Crippen LogP contribution in [0.15, 0.2) is 24.3 Å². The van der Waals surface area contributed by atoms with Gasteiger partial charge in [0.1, 0.15) is 5.82 Å². The highest BCUT2D eigenvalue weighted by Gasteiger charge is 2.32. The average molecular weight is 279 g/mol. The maximum Gasteiger partial charge on any atom is 0.123 e. The zero-order chi connectivity index (χ0) is 14.6. The summed E-state index contributed by atoms with van der Waals surface area (Å²) in [5.41, 5.74) is 1.17. The molecule has 1 unspecified atom stereocenters. The van der Waals surface area contributed by atoms with E-state index in [1.165, 1.54) is 5.56 Å². The lowest BCUT2D eigenvalue weighted by atomic mass is 9.73. The summed E-state index contributed by atoms with van der Waals surface area (Å²) in [6.07, 6.45) is 3.44. The first-order valence-electron chi connectivity index (χ1n) is 7.55. The number of hydrogen-bond donors (Lipinski definition) is 1. The topological polar surface area (TPSA) is 21.3 Å². The molecule has 1 aliphatic rings. The largest absolute Gasteiger partial charge is 0.381 e. The minimum absolute atomic E-state index is 0.0131. The fraction of sp³-hybridized carbons (Fsp3) is 0.647. The van der Waals surface area contributed by atoms with Gasteiger partial charge in [0.05, 0.1) is 0 Å². The molecule has 1 atom stereocenters. The van der Waals surface area contributed by atoms with E-state index in [1.807, 2.05) is 19.2 Å². The molecule has 0 amide bonds. The quantitative estimate of drug-likeness (QED) is 0.890. The summed E-state index contributed by atoms with van der Waals surface area (Å²) in [5.74, 6) is 0.552. The molecule has 0 radical (unpaired) electrons. The van der Waals surface area contributed by atoms with Gasteiger partial charge in [0.25, 0.3) is 0 Å². The van der Waals surface area contributed by atoms with Gasteiger partial charge in [0.2, 0.25) is 0 Å². The second-order valence-corrected chi connectivity index (χ2v) is 6.36. The van der Waals surface area contributed by atoms with Gasteiger partial charge in [-0.1, -0.05) is 26.0 Å². The molecule has 0 bridgehead atoms. The van der Waals surface area contributed by atoms with Crippen LogP contribution in [0.4, 0.5) is 4.39 Å². The van der Waals surface area contributed by atoms with Crippen LogP contribution >= 0.6 is 0 Å².